The molecule has 1 aromatic carbocycles. The highest BCUT2D eigenvalue weighted by Gasteiger charge is 2.13. The number of hydrogen-bond acceptors (Lipinski definition) is 2. The predicted octanol–water partition coefficient (Wildman–Crippen LogP) is 2.89. The molecule has 90 valence electrons. The summed E-state index contributed by atoms with van der Waals surface area (Å²) in [6.07, 6.45) is 2.97. The standard InChI is InChI=1S/C14H23NO/c1-3-13(10-11-16)15-14(4-2)12-8-6-5-7-9-12/h5-9,13-16H,3-4,10-11H2,1-2H3. The number of hydrogen-bond donors (Lipinski definition) is 2. The molecule has 0 bridgehead atoms. The van der Waals surface area contributed by atoms with E-state index < -0.39 is 0 Å². The van der Waals surface area contributed by atoms with Crippen molar-refractivity contribution in [3.05, 3.63) is 35.9 Å². The lowest BCUT2D eigenvalue weighted by Crippen LogP contribution is -2.32. The lowest BCUT2D eigenvalue weighted by molar-refractivity contribution is 0.254. The van der Waals surface area contributed by atoms with Crippen LogP contribution in [0.3, 0.4) is 0 Å². The smallest absolute Gasteiger partial charge is 0.0445 e. The first-order chi connectivity index (χ1) is 7.81. The predicted molar refractivity (Wildman–Crippen MR) is 68.4 cm³/mol. The van der Waals surface area contributed by atoms with Gasteiger partial charge in [0.05, 0.1) is 0 Å². The largest absolute Gasteiger partial charge is 0.396 e. The highest BCUT2D eigenvalue weighted by atomic mass is 16.3. The maximum Gasteiger partial charge on any atom is 0.0445 e. The zero-order valence-corrected chi connectivity index (χ0v) is 10.3. The molecule has 2 heteroatoms. The molecule has 0 heterocycles. The third-order valence-corrected chi connectivity index (χ3v) is 3.02. The van der Waals surface area contributed by atoms with E-state index in [0.29, 0.717) is 12.1 Å². The molecule has 2 nitrogen and oxygen atoms in total. The van der Waals surface area contributed by atoms with E-state index in [1.54, 1.807) is 0 Å². The number of nitrogens with one attached hydrogen (secondary N) is 1. The van der Waals surface area contributed by atoms with Crippen LogP contribution in [0.1, 0.15) is 44.7 Å². The van der Waals surface area contributed by atoms with E-state index in [1.165, 1.54) is 5.56 Å². The van der Waals surface area contributed by atoms with Crippen molar-refractivity contribution in [2.75, 3.05) is 6.61 Å². The van der Waals surface area contributed by atoms with Crippen molar-refractivity contribution in [1.29, 1.82) is 0 Å². The molecule has 0 amide bonds. The van der Waals surface area contributed by atoms with Crippen LogP contribution in [0, 0.1) is 0 Å². The molecule has 2 atom stereocenters. The summed E-state index contributed by atoms with van der Waals surface area (Å²) in [5, 5.41) is 12.6. The molecular weight excluding hydrogens is 198 g/mol. The van der Waals surface area contributed by atoms with Crippen LogP contribution < -0.4 is 5.32 Å². The fourth-order valence-corrected chi connectivity index (χ4v) is 1.98. The Kier molecular flexibility index (Phi) is 6.12. The van der Waals surface area contributed by atoms with Crippen LogP contribution in [0.5, 0.6) is 0 Å². The van der Waals surface area contributed by atoms with Gasteiger partial charge in [0, 0.05) is 18.7 Å². The number of benzene rings is 1. The first kappa shape index (κ1) is 13.2. The molecule has 0 aromatic heterocycles. The molecule has 0 aliphatic heterocycles. The molecule has 0 aliphatic carbocycles. The SMILES string of the molecule is CCC(CCO)NC(CC)c1ccccc1. The molecule has 0 radical (unpaired) electrons. The van der Waals surface area contributed by atoms with Crippen molar-refractivity contribution < 1.29 is 5.11 Å². The van der Waals surface area contributed by atoms with Crippen molar-refractivity contribution in [3.63, 3.8) is 0 Å². The van der Waals surface area contributed by atoms with Crippen LogP contribution in [-0.4, -0.2) is 17.8 Å². The lowest BCUT2D eigenvalue weighted by Gasteiger charge is -2.24. The molecule has 0 saturated heterocycles. The van der Waals surface area contributed by atoms with Gasteiger partial charge >= 0.3 is 0 Å². The molecule has 2 N–H and O–H groups in total. The molecule has 1 aromatic rings. The summed E-state index contributed by atoms with van der Waals surface area (Å²) in [6, 6.07) is 11.3. The van der Waals surface area contributed by atoms with Gasteiger partial charge in [0.1, 0.15) is 0 Å². The first-order valence-corrected chi connectivity index (χ1v) is 6.23. The average Bonchev–Trinajstić information content (AvgIpc) is 2.35. The maximum atomic E-state index is 8.98. The van der Waals surface area contributed by atoms with Crippen molar-refractivity contribution >= 4 is 0 Å². The van der Waals surface area contributed by atoms with Crippen LogP contribution in [0.15, 0.2) is 30.3 Å². The Bertz CT molecular complexity index is 273. The molecule has 0 fully saturated rings. The van der Waals surface area contributed by atoms with E-state index in [0.717, 1.165) is 19.3 Å². The van der Waals surface area contributed by atoms with E-state index in [9.17, 15) is 0 Å². The minimum absolute atomic E-state index is 0.261. The van der Waals surface area contributed by atoms with E-state index in [4.69, 9.17) is 5.11 Å². The highest BCUT2D eigenvalue weighted by molar-refractivity contribution is 5.18. The van der Waals surface area contributed by atoms with Crippen LogP contribution in [0.2, 0.25) is 0 Å². The zero-order chi connectivity index (χ0) is 11.8. The van der Waals surface area contributed by atoms with Gasteiger partial charge in [-0.3, -0.25) is 0 Å². The molecule has 0 aliphatic rings. The average molecular weight is 221 g/mol. The van der Waals surface area contributed by atoms with Gasteiger partial charge < -0.3 is 10.4 Å². The molecule has 2 unspecified atom stereocenters. The number of aliphatic hydroxyl groups excluding tert-OH is 1. The summed E-state index contributed by atoms with van der Waals surface area (Å²) >= 11 is 0. The minimum Gasteiger partial charge on any atom is -0.396 e. The Morgan fingerprint density at radius 3 is 2.31 bits per heavy atom. The highest BCUT2D eigenvalue weighted by Crippen LogP contribution is 2.17. The fourth-order valence-electron chi connectivity index (χ4n) is 1.98. The second kappa shape index (κ2) is 7.42. The van der Waals surface area contributed by atoms with Gasteiger partial charge in [-0.15, -0.1) is 0 Å². The van der Waals surface area contributed by atoms with E-state index >= 15 is 0 Å². The third-order valence-electron chi connectivity index (χ3n) is 3.02. The van der Waals surface area contributed by atoms with Crippen LogP contribution in [-0.2, 0) is 0 Å². The Hall–Kier alpha value is -0.860. The number of aliphatic hydroxyl groups is 1. The molecule has 0 spiro atoms. The van der Waals surface area contributed by atoms with E-state index in [-0.39, 0.29) is 6.61 Å². The van der Waals surface area contributed by atoms with Crippen molar-refractivity contribution in [3.8, 4) is 0 Å². The first-order valence-electron chi connectivity index (χ1n) is 6.23. The van der Waals surface area contributed by atoms with Gasteiger partial charge in [-0.1, -0.05) is 44.2 Å². The Morgan fingerprint density at radius 2 is 1.81 bits per heavy atom. The molecule has 1 rings (SSSR count). The van der Waals surface area contributed by atoms with Gasteiger partial charge in [0.25, 0.3) is 0 Å². The quantitative estimate of drug-likeness (QED) is 0.742. The normalized spacial score (nSPS) is 14.7. The van der Waals surface area contributed by atoms with Gasteiger partial charge in [-0.05, 0) is 24.8 Å². The minimum atomic E-state index is 0.261. The van der Waals surface area contributed by atoms with Crippen molar-refractivity contribution in [2.24, 2.45) is 0 Å². The van der Waals surface area contributed by atoms with E-state index in [2.05, 4.69) is 43.4 Å². The van der Waals surface area contributed by atoms with Crippen LogP contribution in [0.4, 0.5) is 0 Å². The molecule has 16 heavy (non-hydrogen) atoms. The monoisotopic (exact) mass is 221 g/mol. The maximum absolute atomic E-state index is 8.98. The van der Waals surface area contributed by atoms with Gasteiger partial charge in [-0.25, -0.2) is 0 Å². The summed E-state index contributed by atoms with van der Waals surface area (Å²) in [7, 11) is 0. The second-order valence-corrected chi connectivity index (χ2v) is 4.16. The van der Waals surface area contributed by atoms with Crippen molar-refractivity contribution in [1.82, 2.24) is 5.32 Å². The van der Waals surface area contributed by atoms with Crippen molar-refractivity contribution in [2.45, 2.75) is 45.2 Å². The second-order valence-electron chi connectivity index (χ2n) is 4.16. The van der Waals surface area contributed by atoms with Gasteiger partial charge in [-0.2, -0.15) is 0 Å². The Morgan fingerprint density at radius 1 is 1.12 bits per heavy atom. The summed E-state index contributed by atoms with van der Waals surface area (Å²) in [5.41, 5.74) is 1.33. The Labute approximate surface area is 98.7 Å². The molecular formula is C14H23NO. The molecule has 0 saturated carbocycles. The van der Waals surface area contributed by atoms with Gasteiger partial charge in [0.2, 0.25) is 0 Å². The lowest BCUT2D eigenvalue weighted by atomic mass is 10.0. The zero-order valence-electron chi connectivity index (χ0n) is 10.3. The summed E-state index contributed by atoms with van der Waals surface area (Å²) < 4.78 is 0. The third kappa shape index (κ3) is 3.95. The van der Waals surface area contributed by atoms with E-state index in [1.807, 2.05) is 6.07 Å². The Balaban J connectivity index is 2.61. The topological polar surface area (TPSA) is 32.3 Å². The van der Waals surface area contributed by atoms with Gasteiger partial charge in [0.15, 0.2) is 0 Å². The van der Waals surface area contributed by atoms with Crippen LogP contribution in [0.25, 0.3) is 0 Å². The van der Waals surface area contributed by atoms with Crippen LogP contribution >= 0.6 is 0 Å². The summed E-state index contributed by atoms with van der Waals surface area (Å²) in [6.45, 7) is 4.61. The summed E-state index contributed by atoms with van der Waals surface area (Å²) in [4.78, 5) is 0. The number of rotatable bonds is 7. The fraction of sp³-hybridized carbons (Fsp3) is 0.571. The summed E-state index contributed by atoms with van der Waals surface area (Å²) in [5.74, 6) is 0.